The van der Waals surface area contributed by atoms with Crippen LogP contribution >= 0.6 is 0 Å². The summed E-state index contributed by atoms with van der Waals surface area (Å²) in [7, 11) is 2.06. The highest BCUT2D eigenvalue weighted by Crippen LogP contribution is 2.32. The van der Waals surface area contributed by atoms with Crippen molar-refractivity contribution in [2.24, 2.45) is 0 Å². The molecule has 2 rings (SSSR count). The van der Waals surface area contributed by atoms with Gasteiger partial charge in [-0.3, -0.25) is 0 Å². The summed E-state index contributed by atoms with van der Waals surface area (Å²) in [6, 6.07) is 6.86. The van der Waals surface area contributed by atoms with Crippen LogP contribution in [-0.2, 0) is 11.2 Å². The first-order chi connectivity index (χ1) is 6.72. The molecule has 1 heterocycles. The number of benzene rings is 1. The van der Waals surface area contributed by atoms with Gasteiger partial charge in [0.1, 0.15) is 6.29 Å². The molecule has 2 heteroatoms. The molecule has 0 aromatic heterocycles. The predicted molar refractivity (Wildman–Crippen MR) is 57.8 cm³/mol. The first-order valence-electron chi connectivity index (χ1n) is 4.98. The summed E-state index contributed by atoms with van der Waals surface area (Å²) >= 11 is 0. The van der Waals surface area contributed by atoms with Gasteiger partial charge >= 0.3 is 0 Å². The van der Waals surface area contributed by atoms with Crippen LogP contribution in [0.1, 0.15) is 17.5 Å². The Hall–Kier alpha value is -1.31. The highest BCUT2D eigenvalue weighted by atomic mass is 16.1. The van der Waals surface area contributed by atoms with Crippen LogP contribution < -0.4 is 4.90 Å². The molecule has 0 spiro atoms. The minimum absolute atomic E-state index is 0.365. The number of hydrogen-bond acceptors (Lipinski definition) is 2. The van der Waals surface area contributed by atoms with Crippen LogP contribution in [0.25, 0.3) is 0 Å². The summed E-state index contributed by atoms with van der Waals surface area (Å²) in [4.78, 5) is 12.7. The topological polar surface area (TPSA) is 20.3 Å². The summed E-state index contributed by atoms with van der Waals surface area (Å²) in [6.45, 7) is 2.10. The molecule has 1 aliphatic heterocycles. The van der Waals surface area contributed by atoms with E-state index in [4.69, 9.17) is 0 Å². The van der Waals surface area contributed by atoms with E-state index < -0.39 is 0 Å². The number of anilines is 1. The summed E-state index contributed by atoms with van der Waals surface area (Å²) in [5.74, 6) is 0. The van der Waals surface area contributed by atoms with E-state index in [9.17, 15) is 4.79 Å². The summed E-state index contributed by atoms with van der Waals surface area (Å²) in [6.07, 6.45) is 2.65. The Morgan fingerprint density at radius 1 is 1.57 bits per heavy atom. The van der Waals surface area contributed by atoms with Gasteiger partial charge in [-0.2, -0.15) is 0 Å². The van der Waals surface area contributed by atoms with Crippen molar-refractivity contribution in [2.45, 2.75) is 25.8 Å². The van der Waals surface area contributed by atoms with Gasteiger partial charge in [-0.25, -0.2) is 0 Å². The Kier molecular flexibility index (Phi) is 2.28. The van der Waals surface area contributed by atoms with Crippen LogP contribution in [-0.4, -0.2) is 19.4 Å². The number of carbonyl (C=O) groups excluding carboxylic acids is 1. The molecule has 0 bridgehead atoms. The van der Waals surface area contributed by atoms with Gasteiger partial charge in [0.05, 0.1) is 0 Å². The molecule has 0 radical (unpaired) electrons. The number of rotatable bonds is 2. The van der Waals surface area contributed by atoms with Crippen LogP contribution in [0.5, 0.6) is 0 Å². The third kappa shape index (κ3) is 1.41. The first-order valence-corrected chi connectivity index (χ1v) is 4.98. The molecule has 0 fully saturated rings. The lowest BCUT2D eigenvalue weighted by Gasteiger charge is -2.20. The Labute approximate surface area is 84.5 Å². The molecule has 0 amide bonds. The predicted octanol–water partition coefficient (Wildman–Crippen LogP) is 1.94. The fourth-order valence-corrected chi connectivity index (χ4v) is 2.16. The number of nitrogens with zero attached hydrogens (tertiary/aromatic N) is 1. The van der Waals surface area contributed by atoms with Crippen LogP contribution in [0, 0.1) is 6.92 Å². The summed E-state index contributed by atoms with van der Waals surface area (Å²) in [5.41, 5.74) is 3.95. The highest BCUT2D eigenvalue weighted by molar-refractivity contribution is 5.63. The van der Waals surface area contributed by atoms with Gasteiger partial charge in [0.25, 0.3) is 0 Å². The number of aryl methyl sites for hydroxylation is 1. The van der Waals surface area contributed by atoms with Gasteiger partial charge in [0, 0.05) is 25.2 Å². The largest absolute Gasteiger partial charge is 0.371 e. The van der Waals surface area contributed by atoms with Crippen molar-refractivity contribution in [3.05, 3.63) is 29.3 Å². The molecule has 1 aromatic carbocycles. The van der Waals surface area contributed by atoms with Gasteiger partial charge in [-0.15, -0.1) is 0 Å². The Morgan fingerprint density at radius 3 is 3.07 bits per heavy atom. The molecule has 2 nitrogen and oxygen atoms in total. The van der Waals surface area contributed by atoms with E-state index in [1.807, 2.05) is 0 Å². The van der Waals surface area contributed by atoms with E-state index in [-0.39, 0.29) is 0 Å². The number of aldehydes is 1. The van der Waals surface area contributed by atoms with Crippen molar-refractivity contribution in [1.29, 1.82) is 0 Å². The van der Waals surface area contributed by atoms with E-state index in [2.05, 4.69) is 37.1 Å². The van der Waals surface area contributed by atoms with Crippen LogP contribution in [0.15, 0.2) is 18.2 Å². The third-order valence-electron chi connectivity index (χ3n) is 2.99. The van der Waals surface area contributed by atoms with Crippen molar-refractivity contribution in [3.63, 3.8) is 0 Å². The fourth-order valence-electron chi connectivity index (χ4n) is 2.16. The van der Waals surface area contributed by atoms with E-state index >= 15 is 0 Å². The van der Waals surface area contributed by atoms with Crippen molar-refractivity contribution >= 4 is 12.0 Å². The standard InChI is InChI=1S/C12H15NO/c1-9-3-4-12-10(7-9)8-11(5-6-14)13(12)2/h3-4,6-7,11H,5,8H2,1-2H3. The zero-order valence-corrected chi connectivity index (χ0v) is 8.66. The average molecular weight is 189 g/mol. The summed E-state index contributed by atoms with van der Waals surface area (Å²) in [5, 5.41) is 0. The molecule has 1 aliphatic rings. The Balaban J connectivity index is 2.30. The number of fused-ring (bicyclic) bond motifs is 1. The van der Waals surface area contributed by atoms with Crippen molar-refractivity contribution in [3.8, 4) is 0 Å². The van der Waals surface area contributed by atoms with Crippen molar-refractivity contribution in [2.75, 3.05) is 11.9 Å². The van der Waals surface area contributed by atoms with Gasteiger partial charge in [0.15, 0.2) is 0 Å². The second-order valence-corrected chi connectivity index (χ2v) is 4.00. The molecule has 14 heavy (non-hydrogen) atoms. The van der Waals surface area contributed by atoms with Gasteiger partial charge in [0.2, 0.25) is 0 Å². The molecule has 0 aliphatic carbocycles. The lowest BCUT2D eigenvalue weighted by Crippen LogP contribution is -2.27. The molecule has 0 saturated carbocycles. The molecule has 1 atom stereocenters. The van der Waals surface area contributed by atoms with Crippen molar-refractivity contribution in [1.82, 2.24) is 0 Å². The van der Waals surface area contributed by atoms with Crippen molar-refractivity contribution < 1.29 is 4.79 Å². The maximum absolute atomic E-state index is 10.5. The molecule has 1 unspecified atom stereocenters. The Morgan fingerprint density at radius 2 is 2.36 bits per heavy atom. The van der Waals surface area contributed by atoms with Crippen LogP contribution in [0.4, 0.5) is 5.69 Å². The molecule has 0 N–H and O–H groups in total. The maximum atomic E-state index is 10.5. The minimum atomic E-state index is 0.365. The Bertz CT molecular complexity index is 359. The van der Waals surface area contributed by atoms with E-state index in [1.165, 1.54) is 16.8 Å². The van der Waals surface area contributed by atoms with Crippen LogP contribution in [0.2, 0.25) is 0 Å². The number of carbonyl (C=O) groups is 1. The first kappa shape index (κ1) is 9.25. The normalized spacial score (nSPS) is 19.6. The third-order valence-corrected chi connectivity index (χ3v) is 2.99. The zero-order chi connectivity index (χ0) is 10.1. The van der Waals surface area contributed by atoms with Gasteiger partial charge < -0.3 is 9.69 Å². The summed E-state index contributed by atoms with van der Waals surface area (Å²) < 4.78 is 0. The second kappa shape index (κ2) is 3.45. The SMILES string of the molecule is Cc1ccc2c(c1)CC(CC=O)N2C. The molecule has 0 saturated heterocycles. The lowest BCUT2D eigenvalue weighted by molar-refractivity contribution is -0.108. The minimum Gasteiger partial charge on any atom is -0.371 e. The molecular formula is C12H15NO. The zero-order valence-electron chi connectivity index (χ0n) is 8.66. The molecule has 74 valence electrons. The van der Waals surface area contributed by atoms with E-state index in [0.29, 0.717) is 12.5 Å². The van der Waals surface area contributed by atoms with Crippen LogP contribution in [0.3, 0.4) is 0 Å². The maximum Gasteiger partial charge on any atom is 0.122 e. The molecule has 1 aromatic rings. The van der Waals surface area contributed by atoms with Gasteiger partial charge in [-0.1, -0.05) is 17.7 Å². The van der Waals surface area contributed by atoms with E-state index in [1.54, 1.807) is 0 Å². The lowest BCUT2D eigenvalue weighted by atomic mass is 10.1. The second-order valence-electron chi connectivity index (χ2n) is 4.00. The average Bonchev–Trinajstić information content (AvgIpc) is 2.44. The fraction of sp³-hybridized carbons (Fsp3) is 0.417. The molecular weight excluding hydrogens is 174 g/mol. The monoisotopic (exact) mass is 189 g/mol. The number of likely N-dealkylation sites (N-methyl/N-ethyl adjacent to an activating group) is 1. The highest BCUT2D eigenvalue weighted by Gasteiger charge is 2.25. The van der Waals surface area contributed by atoms with E-state index in [0.717, 1.165) is 12.7 Å². The van der Waals surface area contributed by atoms with Gasteiger partial charge in [-0.05, 0) is 25.0 Å². The smallest absolute Gasteiger partial charge is 0.122 e. The quantitative estimate of drug-likeness (QED) is 0.663. The number of hydrogen-bond donors (Lipinski definition) is 0.